The maximum absolute atomic E-state index is 9.12. The van der Waals surface area contributed by atoms with Gasteiger partial charge in [-0.25, -0.2) is 4.79 Å². The molecule has 0 aliphatic heterocycles. The Balaban J connectivity index is 2.85. The normalized spacial score (nSPS) is 7.40. The molecule has 5 heavy (non-hydrogen) atoms. The average molecular weight is 78.0 g/mol. The van der Waals surface area contributed by atoms with Crippen molar-refractivity contribution in [3.8, 4) is 0 Å². The molecule has 2 N–H and O–H groups in total. The van der Waals surface area contributed by atoms with Gasteiger partial charge in [-0.3, -0.25) is 0 Å². The van der Waals surface area contributed by atoms with Gasteiger partial charge in [-0.1, -0.05) is 0 Å². The number of carboxylic acid groups (broad SMARTS) is 1. The summed E-state index contributed by atoms with van der Waals surface area (Å²) < 4.78 is 0. The Bertz CT molecular complexity index is 40.2. The van der Waals surface area contributed by atoms with Crippen LogP contribution in [0.15, 0.2) is 0 Å². The van der Waals surface area contributed by atoms with Gasteiger partial charge >= 0.3 is 5.97 Å². The van der Waals surface area contributed by atoms with E-state index in [-0.39, 0.29) is 0 Å². The minimum atomic E-state index is -1.19. The van der Waals surface area contributed by atoms with Crippen LogP contribution in [0.4, 0.5) is 0 Å². The second-order valence-corrected chi connectivity index (χ2v) is 0.552. The molecule has 3 heteroatoms. The smallest absolute Gasteiger partial charge is 0.329 e. The standard InChI is InChI=1S/C2H4O3/c3-1-2(4)5/h3H,1H2,(H,4,5)/i1+2. The summed E-state index contributed by atoms with van der Waals surface area (Å²) in [5.74, 6) is -1.19. The van der Waals surface area contributed by atoms with E-state index in [9.17, 15) is 0 Å². The zero-order chi connectivity index (χ0) is 4.28. The van der Waals surface area contributed by atoms with Crippen LogP contribution < -0.4 is 0 Å². The molecule has 0 rings (SSSR count). The zero-order valence-electron chi connectivity index (χ0n) is 2.51. The van der Waals surface area contributed by atoms with Crippen molar-refractivity contribution in [2.45, 2.75) is 0 Å². The summed E-state index contributed by atoms with van der Waals surface area (Å²) in [4.78, 5) is 9.12. The van der Waals surface area contributed by atoms with Gasteiger partial charge in [-0.15, -0.1) is 0 Å². The molecule has 0 atom stereocenters. The highest BCUT2D eigenvalue weighted by atomic mass is 16.5. The third-order valence-electron chi connectivity index (χ3n) is 0.135. The molecule has 0 heterocycles. The molecular formula is C2H4O3. The Morgan fingerprint density at radius 2 is 2.00 bits per heavy atom. The fraction of sp³-hybridized carbons (Fsp3) is 0.500. The molecule has 0 spiro atoms. The summed E-state index contributed by atoms with van der Waals surface area (Å²) in [6, 6.07) is 0. The van der Waals surface area contributed by atoms with E-state index < -0.39 is 12.6 Å². The van der Waals surface area contributed by atoms with E-state index in [1.54, 1.807) is 0 Å². The van der Waals surface area contributed by atoms with Crippen LogP contribution in [-0.4, -0.2) is 22.8 Å². The molecule has 0 saturated heterocycles. The molecule has 3 nitrogen and oxygen atoms in total. The zero-order valence-corrected chi connectivity index (χ0v) is 2.51. The van der Waals surface area contributed by atoms with Crippen molar-refractivity contribution in [1.29, 1.82) is 0 Å². The van der Waals surface area contributed by atoms with Crippen molar-refractivity contribution in [3.63, 3.8) is 0 Å². The van der Waals surface area contributed by atoms with E-state index in [0.29, 0.717) is 0 Å². The molecular weight excluding hydrogens is 74.0 g/mol. The third kappa shape index (κ3) is 3.43. The highest BCUT2D eigenvalue weighted by molar-refractivity contribution is 5.67. The van der Waals surface area contributed by atoms with Crippen LogP contribution in [-0.2, 0) is 4.79 Å². The molecule has 0 fully saturated rings. The average Bonchev–Trinajstić information content (AvgIpc) is 1.38. The number of hydrogen-bond acceptors (Lipinski definition) is 2. The van der Waals surface area contributed by atoms with E-state index in [4.69, 9.17) is 15.0 Å². The van der Waals surface area contributed by atoms with Crippen molar-refractivity contribution >= 4 is 5.97 Å². The van der Waals surface area contributed by atoms with Crippen molar-refractivity contribution in [2.75, 3.05) is 6.61 Å². The summed E-state index contributed by atoms with van der Waals surface area (Å²) in [7, 11) is 0. The van der Waals surface area contributed by atoms with Crippen LogP contribution in [0.1, 0.15) is 0 Å². The van der Waals surface area contributed by atoms with Gasteiger partial charge in [0.2, 0.25) is 0 Å². The Hall–Kier alpha value is -0.570. The van der Waals surface area contributed by atoms with Gasteiger partial charge in [0.25, 0.3) is 0 Å². The highest BCUT2D eigenvalue weighted by Gasteiger charge is 1.82. The second-order valence-electron chi connectivity index (χ2n) is 0.552. The highest BCUT2D eigenvalue weighted by Crippen LogP contribution is 1.48. The van der Waals surface area contributed by atoms with Gasteiger partial charge in [0.15, 0.2) is 0 Å². The summed E-state index contributed by atoms with van der Waals surface area (Å²) in [6.45, 7) is -0.778. The van der Waals surface area contributed by atoms with E-state index in [1.807, 2.05) is 0 Å². The maximum atomic E-state index is 9.12. The van der Waals surface area contributed by atoms with Gasteiger partial charge < -0.3 is 10.2 Å². The lowest BCUT2D eigenvalue weighted by Gasteiger charge is -1.72. The van der Waals surface area contributed by atoms with Crippen molar-refractivity contribution in [3.05, 3.63) is 0 Å². The number of aliphatic carboxylic acids is 1. The summed E-state index contributed by atoms with van der Waals surface area (Å²) in [6.07, 6.45) is 0. The molecule has 30 valence electrons. The van der Waals surface area contributed by atoms with Crippen LogP contribution in [0.2, 0.25) is 0 Å². The number of carboxylic acids is 1. The van der Waals surface area contributed by atoms with Crippen LogP contribution in [0.3, 0.4) is 0 Å². The first-order valence-corrected chi connectivity index (χ1v) is 1.10. The predicted molar refractivity (Wildman–Crippen MR) is 14.7 cm³/mol. The first-order valence-electron chi connectivity index (χ1n) is 1.10. The third-order valence-corrected chi connectivity index (χ3v) is 0.135. The van der Waals surface area contributed by atoms with Gasteiger partial charge in [0.05, 0.1) is 0 Å². The Labute approximate surface area is 28.9 Å². The lowest BCUT2D eigenvalue weighted by Crippen LogP contribution is -1.98. The monoisotopic (exact) mass is 78.0 g/mol. The predicted octanol–water partition coefficient (Wildman–Crippen LogP) is -0.937. The van der Waals surface area contributed by atoms with E-state index in [1.165, 1.54) is 0 Å². The molecule has 0 radical (unpaired) electrons. The maximum Gasteiger partial charge on any atom is 0.329 e. The van der Waals surface area contributed by atoms with Gasteiger partial charge in [0, 0.05) is 0 Å². The minimum Gasteiger partial charge on any atom is -0.480 e. The quantitative estimate of drug-likeness (QED) is 0.425. The summed E-state index contributed by atoms with van der Waals surface area (Å²) >= 11 is 0. The largest absolute Gasteiger partial charge is 0.480 e. The fourth-order valence-electron chi connectivity index (χ4n) is 0. The number of hydrogen-bond donors (Lipinski definition) is 2. The van der Waals surface area contributed by atoms with Crippen LogP contribution >= 0.6 is 0 Å². The second kappa shape index (κ2) is 1.72. The Morgan fingerprint density at radius 1 is 1.80 bits per heavy atom. The van der Waals surface area contributed by atoms with Crippen molar-refractivity contribution < 1.29 is 15.0 Å². The summed E-state index contributed by atoms with van der Waals surface area (Å²) in [5.41, 5.74) is 0. The van der Waals surface area contributed by atoms with Crippen LogP contribution in [0.25, 0.3) is 0 Å². The minimum absolute atomic E-state index is 0.778. The molecule has 0 amide bonds. The van der Waals surface area contributed by atoms with Gasteiger partial charge in [0.1, 0.15) is 6.61 Å². The van der Waals surface area contributed by atoms with Crippen molar-refractivity contribution in [2.24, 2.45) is 0 Å². The SMILES string of the molecule is O=C(O)[14CH2]O. The lowest BCUT2D eigenvalue weighted by atomic mass is 11.3. The number of carbonyl (C=O) groups is 1. The Kier molecular flexibility index (Phi) is 1.53. The number of aliphatic hydroxyl groups is 1. The van der Waals surface area contributed by atoms with Crippen LogP contribution in [0.5, 0.6) is 0 Å². The molecule has 0 bridgehead atoms. The van der Waals surface area contributed by atoms with Gasteiger partial charge in [-0.05, 0) is 0 Å². The molecule has 0 saturated carbocycles. The topological polar surface area (TPSA) is 57.5 Å². The van der Waals surface area contributed by atoms with Crippen molar-refractivity contribution in [1.82, 2.24) is 0 Å². The first-order chi connectivity index (χ1) is 2.27. The Morgan fingerprint density at radius 3 is 2.00 bits per heavy atom. The van der Waals surface area contributed by atoms with E-state index in [0.717, 1.165) is 0 Å². The molecule has 0 aromatic carbocycles. The molecule has 0 aliphatic rings. The molecule has 0 aliphatic carbocycles. The molecule has 0 aromatic heterocycles. The molecule has 0 unspecified atom stereocenters. The summed E-state index contributed by atoms with van der Waals surface area (Å²) in [5, 5.41) is 15.0. The van der Waals surface area contributed by atoms with E-state index in [2.05, 4.69) is 0 Å². The number of rotatable bonds is 1. The van der Waals surface area contributed by atoms with Gasteiger partial charge in [-0.2, -0.15) is 0 Å². The van der Waals surface area contributed by atoms with E-state index >= 15 is 0 Å². The van der Waals surface area contributed by atoms with Crippen LogP contribution in [0, 0.1) is 0 Å². The lowest BCUT2D eigenvalue weighted by molar-refractivity contribution is -0.140. The first kappa shape index (κ1) is 4.43. The molecule has 0 aromatic rings. The number of aliphatic hydroxyl groups excluding tert-OH is 1. The fourth-order valence-corrected chi connectivity index (χ4v) is 0.